The number of alkyl halides is 2. The van der Waals surface area contributed by atoms with Crippen LogP contribution >= 0.6 is 27.5 Å². The molecule has 1 nitrogen and oxygen atoms in total. The average molecular weight is 256 g/mol. The Morgan fingerprint density at radius 2 is 2.17 bits per heavy atom. The second-order valence-electron chi connectivity index (χ2n) is 2.25. The SMILES string of the molecule is Cc1cc(Br)c(Cl)c(C(F)F)n1. The van der Waals surface area contributed by atoms with Gasteiger partial charge < -0.3 is 0 Å². The normalized spacial score (nSPS) is 10.8. The summed E-state index contributed by atoms with van der Waals surface area (Å²) in [5.74, 6) is 0. The third kappa shape index (κ3) is 1.93. The Kier molecular flexibility index (Phi) is 3.01. The molecule has 0 bridgehead atoms. The van der Waals surface area contributed by atoms with E-state index in [-0.39, 0.29) is 10.7 Å². The van der Waals surface area contributed by atoms with Crippen LogP contribution in [0.15, 0.2) is 10.5 Å². The summed E-state index contributed by atoms with van der Waals surface area (Å²) in [6.07, 6.45) is -2.63. The summed E-state index contributed by atoms with van der Waals surface area (Å²) in [7, 11) is 0. The summed E-state index contributed by atoms with van der Waals surface area (Å²) in [6, 6.07) is 1.59. The van der Waals surface area contributed by atoms with Gasteiger partial charge >= 0.3 is 0 Å². The van der Waals surface area contributed by atoms with Gasteiger partial charge in [-0.25, -0.2) is 8.78 Å². The van der Waals surface area contributed by atoms with Crippen LogP contribution in [0, 0.1) is 6.92 Å². The average Bonchev–Trinajstić information content (AvgIpc) is 1.96. The first-order valence-electron chi connectivity index (χ1n) is 3.13. The van der Waals surface area contributed by atoms with E-state index in [1.807, 2.05) is 0 Å². The highest BCUT2D eigenvalue weighted by Gasteiger charge is 2.16. The summed E-state index contributed by atoms with van der Waals surface area (Å²) < 4.78 is 24.9. The maximum atomic E-state index is 12.2. The molecule has 0 aliphatic carbocycles. The number of aromatic nitrogens is 1. The van der Waals surface area contributed by atoms with Gasteiger partial charge in [0.1, 0.15) is 5.69 Å². The predicted octanol–water partition coefficient (Wildman–Crippen LogP) is 3.74. The summed E-state index contributed by atoms with van der Waals surface area (Å²) in [5, 5.41) is -0.0180. The Labute approximate surface area is 81.9 Å². The van der Waals surface area contributed by atoms with Crippen molar-refractivity contribution in [2.24, 2.45) is 0 Å². The monoisotopic (exact) mass is 255 g/mol. The minimum atomic E-state index is -2.63. The summed E-state index contributed by atoms with van der Waals surface area (Å²) in [5.41, 5.74) is 0.144. The van der Waals surface area contributed by atoms with Crippen molar-refractivity contribution < 1.29 is 8.78 Å². The van der Waals surface area contributed by atoms with Gasteiger partial charge in [-0.05, 0) is 28.9 Å². The van der Waals surface area contributed by atoms with Crippen molar-refractivity contribution in [2.45, 2.75) is 13.3 Å². The van der Waals surface area contributed by atoms with Crippen LogP contribution in [0.5, 0.6) is 0 Å². The molecule has 0 atom stereocenters. The largest absolute Gasteiger partial charge is 0.281 e. The van der Waals surface area contributed by atoms with Gasteiger partial charge in [-0.15, -0.1) is 0 Å². The molecule has 0 unspecified atom stereocenters. The van der Waals surface area contributed by atoms with E-state index in [1.54, 1.807) is 13.0 Å². The van der Waals surface area contributed by atoms with E-state index in [0.717, 1.165) is 0 Å². The molecule has 0 saturated carbocycles. The fourth-order valence-electron chi connectivity index (χ4n) is 0.785. The van der Waals surface area contributed by atoms with Crippen LogP contribution in [-0.4, -0.2) is 4.98 Å². The van der Waals surface area contributed by atoms with E-state index in [4.69, 9.17) is 11.6 Å². The van der Waals surface area contributed by atoms with Gasteiger partial charge in [-0.2, -0.15) is 0 Å². The molecule has 0 spiro atoms. The number of aryl methyl sites for hydroxylation is 1. The molecule has 5 heteroatoms. The predicted molar refractivity (Wildman–Crippen MR) is 46.6 cm³/mol. The lowest BCUT2D eigenvalue weighted by Gasteiger charge is -2.04. The van der Waals surface area contributed by atoms with Crippen LogP contribution in [-0.2, 0) is 0 Å². The van der Waals surface area contributed by atoms with Crippen molar-refractivity contribution in [3.05, 3.63) is 26.9 Å². The highest BCUT2D eigenvalue weighted by molar-refractivity contribution is 9.10. The zero-order valence-corrected chi connectivity index (χ0v) is 8.46. The molecule has 1 aromatic rings. The minimum Gasteiger partial charge on any atom is -0.250 e. The number of hydrogen-bond donors (Lipinski definition) is 0. The molecule has 0 aromatic carbocycles. The Balaban J connectivity index is 3.28. The number of nitrogens with zero attached hydrogens (tertiary/aromatic N) is 1. The van der Waals surface area contributed by atoms with Crippen molar-refractivity contribution in [2.75, 3.05) is 0 Å². The van der Waals surface area contributed by atoms with Gasteiger partial charge in [0, 0.05) is 10.2 Å². The Morgan fingerprint density at radius 3 is 2.67 bits per heavy atom. The molecule has 0 aliphatic heterocycles. The van der Waals surface area contributed by atoms with Gasteiger partial charge in [0.15, 0.2) is 0 Å². The minimum absolute atomic E-state index is 0.0180. The van der Waals surface area contributed by atoms with Crippen molar-refractivity contribution >= 4 is 27.5 Å². The van der Waals surface area contributed by atoms with Crippen LogP contribution in [0.4, 0.5) is 8.78 Å². The quantitative estimate of drug-likeness (QED) is 0.746. The third-order valence-electron chi connectivity index (χ3n) is 1.27. The van der Waals surface area contributed by atoms with E-state index in [1.165, 1.54) is 0 Å². The molecule has 1 rings (SSSR count). The highest BCUT2D eigenvalue weighted by atomic mass is 79.9. The second-order valence-corrected chi connectivity index (χ2v) is 3.48. The molecule has 12 heavy (non-hydrogen) atoms. The van der Waals surface area contributed by atoms with Crippen molar-refractivity contribution in [1.82, 2.24) is 4.98 Å². The third-order valence-corrected chi connectivity index (χ3v) is 2.52. The molecule has 0 radical (unpaired) electrons. The van der Waals surface area contributed by atoms with Crippen molar-refractivity contribution in [3.8, 4) is 0 Å². The van der Waals surface area contributed by atoms with E-state index >= 15 is 0 Å². The number of rotatable bonds is 1. The lowest BCUT2D eigenvalue weighted by molar-refractivity contribution is 0.146. The van der Waals surface area contributed by atoms with E-state index in [2.05, 4.69) is 20.9 Å². The fourth-order valence-corrected chi connectivity index (χ4v) is 1.50. The van der Waals surface area contributed by atoms with Gasteiger partial charge in [0.2, 0.25) is 0 Å². The lowest BCUT2D eigenvalue weighted by atomic mass is 10.3. The van der Waals surface area contributed by atoms with Gasteiger partial charge in [0.05, 0.1) is 5.02 Å². The molecule has 0 N–H and O–H groups in total. The zero-order chi connectivity index (χ0) is 9.30. The molecule has 1 aromatic heterocycles. The van der Waals surface area contributed by atoms with E-state index < -0.39 is 6.43 Å². The summed E-state index contributed by atoms with van der Waals surface area (Å²) in [6.45, 7) is 1.63. The van der Waals surface area contributed by atoms with E-state index in [0.29, 0.717) is 10.2 Å². The van der Waals surface area contributed by atoms with Crippen LogP contribution in [0.2, 0.25) is 5.02 Å². The molecule has 0 saturated heterocycles. The first-order chi connectivity index (χ1) is 5.52. The van der Waals surface area contributed by atoms with Gasteiger partial charge in [0.25, 0.3) is 6.43 Å². The van der Waals surface area contributed by atoms with E-state index in [9.17, 15) is 8.78 Å². The summed E-state index contributed by atoms with van der Waals surface area (Å²) in [4.78, 5) is 3.62. The number of halogens is 4. The zero-order valence-electron chi connectivity index (χ0n) is 6.11. The van der Waals surface area contributed by atoms with Crippen LogP contribution < -0.4 is 0 Å². The second kappa shape index (κ2) is 3.66. The van der Waals surface area contributed by atoms with Crippen molar-refractivity contribution in [1.29, 1.82) is 0 Å². The molecular weight excluding hydrogens is 251 g/mol. The Morgan fingerprint density at radius 1 is 1.58 bits per heavy atom. The molecule has 1 heterocycles. The first-order valence-corrected chi connectivity index (χ1v) is 4.30. The van der Waals surface area contributed by atoms with Gasteiger partial charge in [-0.1, -0.05) is 11.6 Å². The van der Waals surface area contributed by atoms with Crippen molar-refractivity contribution in [3.63, 3.8) is 0 Å². The molecule has 0 fully saturated rings. The molecular formula is C7H5BrClF2N. The molecule has 0 aliphatic rings. The standard InChI is InChI=1S/C7H5BrClF2N/c1-3-2-4(8)5(9)6(12-3)7(10)11/h2,7H,1H3. The van der Waals surface area contributed by atoms with Crippen LogP contribution in [0.1, 0.15) is 17.8 Å². The number of pyridine rings is 1. The molecule has 66 valence electrons. The lowest BCUT2D eigenvalue weighted by Crippen LogP contribution is -1.94. The maximum Gasteiger partial charge on any atom is 0.281 e. The first kappa shape index (κ1) is 9.86. The van der Waals surface area contributed by atoms with Gasteiger partial charge in [-0.3, -0.25) is 4.98 Å². The maximum absolute atomic E-state index is 12.2. The molecule has 0 amide bonds. The van der Waals surface area contributed by atoms with Crippen LogP contribution in [0.3, 0.4) is 0 Å². The highest BCUT2D eigenvalue weighted by Crippen LogP contribution is 2.31. The topological polar surface area (TPSA) is 12.9 Å². The van der Waals surface area contributed by atoms with Crippen LogP contribution in [0.25, 0.3) is 0 Å². The fraction of sp³-hybridized carbons (Fsp3) is 0.286. The summed E-state index contributed by atoms with van der Waals surface area (Å²) >= 11 is 8.63. The Bertz CT molecular complexity index is 304. The smallest absolute Gasteiger partial charge is 0.250 e. The Hall–Kier alpha value is -0.220. The number of hydrogen-bond acceptors (Lipinski definition) is 1.